The molecule has 5 nitrogen and oxygen atoms in total. The van der Waals surface area contributed by atoms with E-state index in [-0.39, 0.29) is 0 Å². The van der Waals surface area contributed by atoms with Gasteiger partial charge in [-0.05, 0) is 54.7 Å². The fourth-order valence-electron chi connectivity index (χ4n) is 4.06. The largest absolute Gasteiger partial charge is 0.464 e. The van der Waals surface area contributed by atoms with E-state index >= 15 is 0 Å². The van der Waals surface area contributed by atoms with Crippen LogP contribution in [0, 0.1) is 5.92 Å². The first-order valence-corrected chi connectivity index (χ1v) is 10.2. The molecule has 0 aliphatic carbocycles. The van der Waals surface area contributed by atoms with E-state index in [1.54, 1.807) is 0 Å². The number of benzene rings is 2. The average Bonchev–Trinajstić information content (AvgIpc) is 3.22. The van der Waals surface area contributed by atoms with Gasteiger partial charge in [0, 0.05) is 36.7 Å². The molecule has 0 spiro atoms. The summed E-state index contributed by atoms with van der Waals surface area (Å²) in [6.45, 7) is 2.78. The minimum Gasteiger partial charge on any atom is -0.464 e. The Morgan fingerprint density at radius 1 is 0.931 bits per heavy atom. The van der Waals surface area contributed by atoms with Crippen molar-refractivity contribution in [3.05, 3.63) is 73.1 Å². The number of imidazole rings is 1. The van der Waals surface area contributed by atoms with Crippen LogP contribution in [0.15, 0.2) is 73.1 Å². The van der Waals surface area contributed by atoms with E-state index in [1.807, 2.05) is 36.7 Å². The van der Waals surface area contributed by atoms with Crippen LogP contribution < -0.4 is 9.64 Å². The van der Waals surface area contributed by atoms with Gasteiger partial charge in [-0.3, -0.25) is 4.98 Å². The maximum Gasteiger partial charge on any atom is 0.294 e. The summed E-state index contributed by atoms with van der Waals surface area (Å²) in [7, 11) is 0. The molecule has 1 aliphatic rings. The molecule has 0 saturated carbocycles. The van der Waals surface area contributed by atoms with Gasteiger partial charge in [0.2, 0.25) is 0 Å². The average molecular weight is 384 g/mol. The maximum absolute atomic E-state index is 5.97. The zero-order chi connectivity index (χ0) is 19.5. The van der Waals surface area contributed by atoms with Crippen LogP contribution in [0.3, 0.4) is 0 Å². The SMILES string of the molecule is c1ccc(N2CCC(COc3nc4ccccc4[nH]3)CC2)c(-c2ccncc2)c1. The predicted molar refractivity (Wildman–Crippen MR) is 116 cm³/mol. The van der Waals surface area contributed by atoms with Crippen molar-refractivity contribution < 1.29 is 4.74 Å². The third kappa shape index (κ3) is 3.81. The van der Waals surface area contributed by atoms with E-state index in [2.05, 4.69) is 56.3 Å². The lowest BCUT2D eigenvalue weighted by atomic mass is 9.96. The van der Waals surface area contributed by atoms with Crippen molar-refractivity contribution in [1.82, 2.24) is 15.0 Å². The molecular weight excluding hydrogens is 360 g/mol. The second-order valence-electron chi connectivity index (χ2n) is 7.55. The smallest absolute Gasteiger partial charge is 0.294 e. The van der Waals surface area contributed by atoms with E-state index in [4.69, 9.17) is 4.74 Å². The van der Waals surface area contributed by atoms with Crippen LogP contribution in [0.1, 0.15) is 12.8 Å². The Morgan fingerprint density at radius 2 is 1.69 bits per heavy atom. The molecule has 5 rings (SSSR count). The van der Waals surface area contributed by atoms with Crippen LogP contribution in [0.2, 0.25) is 0 Å². The molecule has 1 N–H and O–H groups in total. The summed E-state index contributed by atoms with van der Waals surface area (Å²) in [5.41, 5.74) is 5.75. The minimum absolute atomic E-state index is 0.549. The fraction of sp³-hybridized carbons (Fsp3) is 0.250. The Bertz CT molecular complexity index is 1050. The summed E-state index contributed by atoms with van der Waals surface area (Å²) < 4.78 is 5.97. The van der Waals surface area contributed by atoms with Gasteiger partial charge in [0.25, 0.3) is 6.01 Å². The second kappa shape index (κ2) is 7.95. The molecule has 1 fully saturated rings. The Balaban J connectivity index is 1.22. The first-order valence-electron chi connectivity index (χ1n) is 10.2. The van der Waals surface area contributed by atoms with Gasteiger partial charge < -0.3 is 14.6 Å². The third-order valence-corrected chi connectivity index (χ3v) is 5.67. The van der Waals surface area contributed by atoms with Gasteiger partial charge in [-0.2, -0.15) is 4.98 Å². The summed E-state index contributed by atoms with van der Waals surface area (Å²) in [6, 6.07) is 21.4. The van der Waals surface area contributed by atoms with Crippen LogP contribution in [0.25, 0.3) is 22.2 Å². The van der Waals surface area contributed by atoms with Crippen LogP contribution in [0.4, 0.5) is 5.69 Å². The van der Waals surface area contributed by atoms with Crippen LogP contribution in [0.5, 0.6) is 6.01 Å². The van der Waals surface area contributed by atoms with Gasteiger partial charge in [0.1, 0.15) is 0 Å². The highest BCUT2D eigenvalue weighted by molar-refractivity contribution is 5.78. The zero-order valence-electron chi connectivity index (χ0n) is 16.3. The van der Waals surface area contributed by atoms with Crippen molar-refractivity contribution in [1.29, 1.82) is 0 Å². The minimum atomic E-state index is 0.549. The Labute approximate surface area is 170 Å². The summed E-state index contributed by atoms with van der Waals surface area (Å²) in [4.78, 5) is 14.4. The van der Waals surface area contributed by atoms with Crippen molar-refractivity contribution in [2.75, 3.05) is 24.6 Å². The Kier molecular flexibility index (Phi) is 4.87. The number of ether oxygens (including phenoxy) is 1. The molecule has 4 aromatic rings. The number of nitrogens with zero attached hydrogens (tertiary/aromatic N) is 3. The van der Waals surface area contributed by atoms with Crippen molar-refractivity contribution in [3.63, 3.8) is 0 Å². The Morgan fingerprint density at radius 3 is 2.52 bits per heavy atom. The third-order valence-electron chi connectivity index (χ3n) is 5.67. The van der Waals surface area contributed by atoms with E-state index in [1.165, 1.54) is 16.8 Å². The number of aromatic nitrogens is 3. The predicted octanol–water partition coefficient (Wildman–Crippen LogP) is 4.92. The lowest BCUT2D eigenvalue weighted by Gasteiger charge is -2.34. The highest BCUT2D eigenvalue weighted by Crippen LogP contribution is 2.33. The first kappa shape index (κ1) is 17.7. The number of nitrogens with one attached hydrogen (secondary N) is 1. The molecular formula is C24H24N4O. The van der Waals surface area contributed by atoms with Crippen molar-refractivity contribution >= 4 is 16.7 Å². The van der Waals surface area contributed by atoms with Crippen molar-refractivity contribution in [3.8, 4) is 17.1 Å². The zero-order valence-corrected chi connectivity index (χ0v) is 16.3. The molecule has 0 unspecified atom stereocenters. The van der Waals surface area contributed by atoms with E-state index in [9.17, 15) is 0 Å². The number of fused-ring (bicyclic) bond motifs is 1. The van der Waals surface area contributed by atoms with Gasteiger partial charge in [-0.15, -0.1) is 0 Å². The monoisotopic (exact) mass is 384 g/mol. The number of hydrogen-bond donors (Lipinski definition) is 1. The van der Waals surface area contributed by atoms with Crippen LogP contribution in [-0.4, -0.2) is 34.6 Å². The number of anilines is 1. The Hall–Kier alpha value is -3.34. The molecule has 0 bridgehead atoms. The van der Waals surface area contributed by atoms with Crippen molar-refractivity contribution in [2.24, 2.45) is 5.92 Å². The van der Waals surface area contributed by atoms with Crippen molar-refractivity contribution in [2.45, 2.75) is 12.8 Å². The van der Waals surface area contributed by atoms with Gasteiger partial charge in [-0.25, -0.2) is 0 Å². The summed E-state index contributed by atoms with van der Waals surface area (Å²) in [6.07, 6.45) is 5.94. The number of aromatic amines is 1. The number of pyridine rings is 1. The summed E-state index contributed by atoms with van der Waals surface area (Å²) in [5.74, 6) is 0.549. The van der Waals surface area contributed by atoms with Gasteiger partial charge >= 0.3 is 0 Å². The number of piperidine rings is 1. The lowest BCUT2D eigenvalue weighted by Crippen LogP contribution is -2.35. The molecule has 5 heteroatoms. The molecule has 3 heterocycles. The maximum atomic E-state index is 5.97. The number of hydrogen-bond acceptors (Lipinski definition) is 4. The summed E-state index contributed by atoms with van der Waals surface area (Å²) in [5, 5.41) is 0. The molecule has 146 valence electrons. The van der Waals surface area contributed by atoms with Gasteiger partial charge in [0.05, 0.1) is 17.6 Å². The van der Waals surface area contributed by atoms with Gasteiger partial charge in [0.15, 0.2) is 0 Å². The fourth-order valence-corrected chi connectivity index (χ4v) is 4.06. The van der Waals surface area contributed by atoms with Crippen LogP contribution in [-0.2, 0) is 0 Å². The van der Waals surface area contributed by atoms with E-state index < -0.39 is 0 Å². The summed E-state index contributed by atoms with van der Waals surface area (Å²) >= 11 is 0. The molecule has 0 radical (unpaired) electrons. The molecule has 29 heavy (non-hydrogen) atoms. The van der Waals surface area contributed by atoms with Crippen LogP contribution >= 0.6 is 0 Å². The lowest BCUT2D eigenvalue weighted by molar-refractivity contribution is 0.211. The topological polar surface area (TPSA) is 54.0 Å². The molecule has 2 aromatic carbocycles. The normalized spacial score (nSPS) is 15.0. The van der Waals surface area contributed by atoms with E-state index in [0.717, 1.165) is 37.0 Å². The molecule has 1 aliphatic heterocycles. The van der Waals surface area contributed by atoms with Gasteiger partial charge in [-0.1, -0.05) is 30.3 Å². The number of para-hydroxylation sites is 3. The number of rotatable bonds is 5. The molecule has 0 amide bonds. The molecule has 1 saturated heterocycles. The standard InChI is InChI=1S/C24H24N4O/c1-4-8-23(20(5-1)19-9-13-25-14-10-19)28-15-11-18(12-16-28)17-29-24-26-21-6-2-3-7-22(21)27-24/h1-10,13-14,18H,11-12,15-17H2,(H,26,27). The second-order valence-corrected chi connectivity index (χ2v) is 7.55. The number of H-pyrrole nitrogens is 1. The highest BCUT2D eigenvalue weighted by atomic mass is 16.5. The first-order chi connectivity index (χ1) is 14.4. The highest BCUT2D eigenvalue weighted by Gasteiger charge is 2.22. The van der Waals surface area contributed by atoms with E-state index in [0.29, 0.717) is 18.5 Å². The quantitative estimate of drug-likeness (QED) is 0.531. The molecule has 2 aromatic heterocycles. The molecule has 0 atom stereocenters.